The van der Waals surface area contributed by atoms with Crippen LogP contribution >= 0.6 is 0 Å². The van der Waals surface area contributed by atoms with E-state index in [4.69, 9.17) is 28.9 Å². The summed E-state index contributed by atoms with van der Waals surface area (Å²) >= 11 is 0. The summed E-state index contributed by atoms with van der Waals surface area (Å²) in [5.41, 5.74) is 1.18. The van der Waals surface area contributed by atoms with Crippen molar-refractivity contribution in [3.8, 4) is 28.8 Å². The molecule has 0 radical (unpaired) electrons. The van der Waals surface area contributed by atoms with Gasteiger partial charge in [-0.25, -0.2) is 9.78 Å². The van der Waals surface area contributed by atoms with Gasteiger partial charge in [0.1, 0.15) is 23.1 Å². The quantitative estimate of drug-likeness (QED) is 0.275. The smallest absolute Gasteiger partial charge is 0.332 e. The Kier molecular flexibility index (Phi) is 9.57. The monoisotopic (exact) mass is 656 g/mol. The summed E-state index contributed by atoms with van der Waals surface area (Å²) in [4.78, 5) is 52.6. The van der Waals surface area contributed by atoms with Gasteiger partial charge in [-0.2, -0.15) is 4.98 Å². The van der Waals surface area contributed by atoms with Crippen LogP contribution in [-0.4, -0.2) is 78.7 Å². The minimum absolute atomic E-state index is 0.0987. The van der Waals surface area contributed by atoms with Gasteiger partial charge in [-0.05, 0) is 88.8 Å². The topological polar surface area (TPSA) is 129 Å². The summed E-state index contributed by atoms with van der Waals surface area (Å²) in [5, 5.41) is 3.75. The van der Waals surface area contributed by atoms with Crippen LogP contribution in [0.15, 0.2) is 48.6 Å². The molecule has 0 bridgehead atoms. The number of methoxy groups -OCH3 is 2. The molecule has 11 nitrogen and oxygen atoms in total. The summed E-state index contributed by atoms with van der Waals surface area (Å²) in [5.74, 6) is -0.0931. The third kappa shape index (κ3) is 6.42. The summed E-state index contributed by atoms with van der Waals surface area (Å²) in [6.07, 6.45) is 7.28. The number of carbonyl (C=O) groups excluding carboxylic acids is 3. The molecule has 254 valence electrons. The summed E-state index contributed by atoms with van der Waals surface area (Å²) in [6, 6.07) is 11.2. The molecule has 2 saturated carbocycles. The van der Waals surface area contributed by atoms with Crippen LogP contribution in [0.2, 0.25) is 0 Å². The Balaban J connectivity index is 1.34. The number of nitrogens with zero attached hydrogens (tertiary/aromatic N) is 3. The number of aryl methyl sites for hydroxylation is 1. The van der Waals surface area contributed by atoms with Crippen LogP contribution in [0.3, 0.4) is 0 Å². The molecule has 5 unspecified atom stereocenters. The highest BCUT2D eigenvalue weighted by Gasteiger charge is 2.62. The fourth-order valence-electron chi connectivity index (χ4n) is 7.06. The van der Waals surface area contributed by atoms with E-state index in [1.54, 1.807) is 33.1 Å². The number of benzene rings is 2. The molecule has 2 fully saturated rings. The SMILES string of the molecule is CCOC(=O)C12CC1/C=C/CCCCN(C)C(=O)C1CC(Oc3nc(-c4ccc(OC)cc4)nc4c(C)c(OC)ccc34)CC1C(=O)N2. The van der Waals surface area contributed by atoms with E-state index in [0.717, 1.165) is 30.4 Å². The Labute approximate surface area is 281 Å². The van der Waals surface area contributed by atoms with Crippen molar-refractivity contribution in [1.29, 1.82) is 0 Å². The number of fused-ring (bicyclic) bond motifs is 3. The van der Waals surface area contributed by atoms with Gasteiger partial charge in [0.25, 0.3) is 0 Å². The van der Waals surface area contributed by atoms with E-state index in [0.29, 0.717) is 53.5 Å². The average Bonchev–Trinajstić information content (AvgIpc) is 3.62. The number of rotatable bonds is 7. The molecule has 0 saturated heterocycles. The summed E-state index contributed by atoms with van der Waals surface area (Å²) in [7, 11) is 5.02. The number of hydrogen-bond donors (Lipinski definition) is 1. The molecule has 1 aliphatic heterocycles. The molecule has 2 heterocycles. The lowest BCUT2D eigenvalue weighted by molar-refractivity contribution is -0.150. The van der Waals surface area contributed by atoms with E-state index >= 15 is 0 Å². The molecule has 3 aromatic rings. The Morgan fingerprint density at radius 1 is 1.02 bits per heavy atom. The van der Waals surface area contributed by atoms with Gasteiger partial charge >= 0.3 is 5.97 Å². The predicted molar refractivity (Wildman–Crippen MR) is 180 cm³/mol. The fourth-order valence-corrected chi connectivity index (χ4v) is 7.06. The van der Waals surface area contributed by atoms with Crippen LogP contribution in [0, 0.1) is 24.7 Å². The molecule has 1 aromatic heterocycles. The molecule has 2 aromatic carbocycles. The molecule has 0 spiro atoms. The van der Waals surface area contributed by atoms with Gasteiger partial charge in [0.15, 0.2) is 5.82 Å². The van der Waals surface area contributed by atoms with Crippen molar-refractivity contribution in [3.05, 3.63) is 54.1 Å². The minimum atomic E-state index is -1.11. The molecule has 11 heteroatoms. The number of ether oxygens (including phenoxy) is 4. The van der Waals surface area contributed by atoms with Gasteiger partial charge in [-0.15, -0.1) is 0 Å². The van der Waals surface area contributed by atoms with E-state index in [2.05, 4.69) is 11.4 Å². The zero-order chi connectivity index (χ0) is 34.0. The van der Waals surface area contributed by atoms with Crippen LogP contribution in [0.25, 0.3) is 22.3 Å². The van der Waals surface area contributed by atoms with E-state index < -0.39 is 29.4 Å². The third-order valence-corrected chi connectivity index (χ3v) is 9.92. The second-order valence-corrected chi connectivity index (χ2v) is 13.0. The molecular weight excluding hydrogens is 612 g/mol. The Morgan fingerprint density at radius 2 is 1.79 bits per heavy atom. The van der Waals surface area contributed by atoms with Gasteiger partial charge in [0.05, 0.1) is 43.6 Å². The van der Waals surface area contributed by atoms with Crippen molar-refractivity contribution in [2.24, 2.45) is 17.8 Å². The second kappa shape index (κ2) is 13.8. The number of allylic oxidation sites excluding steroid dienone is 1. The first-order valence-electron chi connectivity index (χ1n) is 16.8. The van der Waals surface area contributed by atoms with Gasteiger partial charge < -0.3 is 29.2 Å². The fraction of sp³-hybridized carbons (Fsp3) is 0.486. The van der Waals surface area contributed by atoms with Crippen LogP contribution in [0.1, 0.15) is 51.0 Å². The number of amides is 2. The van der Waals surface area contributed by atoms with Crippen molar-refractivity contribution >= 4 is 28.7 Å². The number of carbonyl (C=O) groups is 3. The normalized spacial score (nSPS) is 26.5. The maximum atomic E-state index is 14.1. The van der Waals surface area contributed by atoms with Crippen molar-refractivity contribution in [2.75, 3.05) is 34.4 Å². The zero-order valence-corrected chi connectivity index (χ0v) is 28.3. The van der Waals surface area contributed by atoms with Crippen LogP contribution in [0.4, 0.5) is 0 Å². The highest BCUT2D eigenvalue weighted by atomic mass is 16.5. The largest absolute Gasteiger partial charge is 0.497 e. The number of aromatic nitrogens is 2. The average molecular weight is 657 g/mol. The number of hydrogen-bond acceptors (Lipinski definition) is 9. The molecular formula is C37H44N4O7. The first-order chi connectivity index (χ1) is 23.2. The summed E-state index contributed by atoms with van der Waals surface area (Å²) in [6.45, 7) is 4.51. The number of esters is 1. The lowest BCUT2D eigenvalue weighted by Crippen LogP contribution is -2.50. The maximum absolute atomic E-state index is 14.1. The molecule has 6 rings (SSSR count). The third-order valence-electron chi connectivity index (χ3n) is 9.92. The van der Waals surface area contributed by atoms with Crippen molar-refractivity contribution in [1.82, 2.24) is 20.2 Å². The lowest BCUT2D eigenvalue weighted by atomic mass is 9.93. The van der Waals surface area contributed by atoms with Gasteiger partial charge in [-0.1, -0.05) is 12.2 Å². The van der Waals surface area contributed by atoms with Crippen molar-refractivity contribution in [3.63, 3.8) is 0 Å². The molecule has 2 amide bonds. The zero-order valence-electron chi connectivity index (χ0n) is 28.3. The molecule has 5 atom stereocenters. The first kappa shape index (κ1) is 33.2. The highest BCUT2D eigenvalue weighted by molar-refractivity contribution is 5.95. The van der Waals surface area contributed by atoms with Gasteiger partial charge in [0.2, 0.25) is 17.7 Å². The molecule has 1 N–H and O–H groups in total. The van der Waals surface area contributed by atoms with Crippen molar-refractivity contribution in [2.45, 2.75) is 64.0 Å². The highest BCUT2D eigenvalue weighted by Crippen LogP contribution is 2.47. The minimum Gasteiger partial charge on any atom is -0.497 e. The van der Waals surface area contributed by atoms with E-state index in [9.17, 15) is 14.4 Å². The second-order valence-electron chi connectivity index (χ2n) is 13.0. The van der Waals surface area contributed by atoms with Crippen LogP contribution < -0.4 is 19.5 Å². The Hall–Kier alpha value is -4.67. The van der Waals surface area contributed by atoms with E-state index in [1.807, 2.05) is 49.4 Å². The van der Waals surface area contributed by atoms with Crippen LogP contribution in [0.5, 0.6) is 17.4 Å². The van der Waals surface area contributed by atoms with Gasteiger partial charge in [0, 0.05) is 30.6 Å². The summed E-state index contributed by atoms with van der Waals surface area (Å²) < 4.78 is 23.0. The van der Waals surface area contributed by atoms with Gasteiger partial charge in [-0.3, -0.25) is 9.59 Å². The molecule has 48 heavy (non-hydrogen) atoms. The van der Waals surface area contributed by atoms with Crippen LogP contribution in [-0.2, 0) is 19.1 Å². The van der Waals surface area contributed by atoms with Crippen molar-refractivity contribution < 1.29 is 33.3 Å². The standard InChI is InChI=1S/C37H44N4O7/c1-6-47-36(44)37-21-24(37)11-9-7-8-10-18-41(3)35(43)29-20-26(19-28(29)33(42)40-37)48-34-27-16-17-30(46-5)22(2)31(27)38-32(39-34)23-12-14-25(45-4)15-13-23/h9,11-17,24,26,28-29H,6-8,10,18-21H2,1-5H3,(H,40,42)/b11-9+. The lowest BCUT2D eigenvalue weighted by Gasteiger charge is -2.26. The molecule has 2 aliphatic carbocycles. The van der Waals surface area contributed by atoms with E-state index in [-0.39, 0.29) is 30.8 Å². The first-order valence-corrected chi connectivity index (χ1v) is 16.8. The Morgan fingerprint density at radius 3 is 2.52 bits per heavy atom. The predicted octanol–water partition coefficient (Wildman–Crippen LogP) is 5.03. The molecule has 3 aliphatic rings. The maximum Gasteiger partial charge on any atom is 0.332 e. The number of nitrogens with one attached hydrogen (secondary N) is 1. The van der Waals surface area contributed by atoms with E-state index in [1.165, 1.54) is 0 Å². The Bertz CT molecular complexity index is 1720.